The SMILES string of the molecule is CC(COC(=O)C(C)(C)Br)C(=O)NCCC(=O)OC(C)(C)C. The molecule has 0 aliphatic rings. The Morgan fingerprint density at radius 1 is 1.14 bits per heavy atom. The van der Waals surface area contributed by atoms with E-state index >= 15 is 0 Å². The number of carbonyl (C=O) groups is 3. The predicted molar refractivity (Wildman–Crippen MR) is 86.6 cm³/mol. The molecule has 0 aromatic rings. The van der Waals surface area contributed by atoms with Gasteiger partial charge in [0.05, 0.1) is 12.3 Å². The van der Waals surface area contributed by atoms with Gasteiger partial charge in [-0.05, 0) is 34.6 Å². The van der Waals surface area contributed by atoms with Gasteiger partial charge in [-0.15, -0.1) is 0 Å². The van der Waals surface area contributed by atoms with Crippen molar-refractivity contribution in [3.8, 4) is 0 Å². The summed E-state index contributed by atoms with van der Waals surface area (Å²) in [5.74, 6) is -1.56. The number of nitrogens with one attached hydrogen (secondary N) is 1. The van der Waals surface area contributed by atoms with Crippen molar-refractivity contribution in [3.63, 3.8) is 0 Å². The summed E-state index contributed by atoms with van der Waals surface area (Å²) in [5.41, 5.74) is -0.537. The first-order valence-corrected chi connectivity index (χ1v) is 7.98. The normalized spacial score (nSPS) is 13.2. The molecule has 6 nitrogen and oxygen atoms in total. The second-order valence-corrected chi connectivity index (χ2v) is 8.58. The van der Waals surface area contributed by atoms with Crippen molar-refractivity contribution in [1.29, 1.82) is 0 Å². The molecule has 128 valence electrons. The lowest BCUT2D eigenvalue weighted by Crippen LogP contribution is -2.36. The number of amides is 1. The van der Waals surface area contributed by atoms with Crippen LogP contribution in [0, 0.1) is 5.92 Å². The maximum atomic E-state index is 11.8. The molecule has 0 bridgehead atoms. The molecule has 0 aromatic carbocycles. The molecule has 1 amide bonds. The van der Waals surface area contributed by atoms with Gasteiger partial charge in [0.1, 0.15) is 16.5 Å². The van der Waals surface area contributed by atoms with Gasteiger partial charge in [0.2, 0.25) is 5.91 Å². The number of halogens is 1. The minimum Gasteiger partial charge on any atom is -0.464 e. The lowest BCUT2D eigenvalue weighted by atomic mass is 10.1. The van der Waals surface area contributed by atoms with Crippen molar-refractivity contribution < 1.29 is 23.9 Å². The number of rotatable bonds is 7. The molecule has 0 rings (SSSR count). The molecule has 0 aromatic heterocycles. The van der Waals surface area contributed by atoms with Crippen LogP contribution in [0.25, 0.3) is 0 Å². The van der Waals surface area contributed by atoms with Gasteiger partial charge in [0.25, 0.3) is 0 Å². The van der Waals surface area contributed by atoms with Crippen LogP contribution in [-0.4, -0.2) is 40.9 Å². The second kappa shape index (κ2) is 8.50. The maximum Gasteiger partial charge on any atom is 0.322 e. The topological polar surface area (TPSA) is 81.7 Å². The number of hydrogen-bond donors (Lipinski definition) is 1. The van der Waals surface area contributed by atoms with Crippen LogP contribution in [0.15, 0.2) is 0 Å². The van der Waals surface area contributed by atoms with Gasteiger partial charge >= 0.3 is 11.9 Å². The van der Waals surface area contributed by atoms with Crippen LogP contribution in [0.3, 0.4) is 0 Å². The fourth-order valence-corrected chi connectivity index (χ4v) is 1.42. The molecule has 0 spiro atoms. The fourth-order valence-electron chi connectivity index (χ4n) is 1.30. The van der Waals surface area contributed by atoms with E-state index in [9.17, 15) is 14.4 Å². The fraction of sp³-hybridized carbons (Fsp3) is 0.800. The van der Waals surface area contributed by atoms with Gasteiger partial charge in [0, 0.05) is 6.54 Å². The standard InChI is InChI=1S/C15H26BrNO5/c1-10(9-21-13(20)15(5,6)16)12(19)17-8-7-11(18)22-14(2,3)4/h10H,7-9H2,1-6H3,(H,17,19). The van der Waals surface area contributed by atoms with Gasteiger partial charge in [-0.3, -0.25) is 14.4 Å². The third-order valence-corrected chi connectivity index (χ3v) is 2.77. The molecule has 1 unspecified atom stereocenters. The molecule has 0 fully saturated rings. The maximum absolute atomic E-state index is 11.8. The molecular formula is C15H26BrNO5. The van der Waals surface area contributed by atoms with Gasteiger partial charge in [0.15, 0.2) is 0 Å². The van der Waals surface area contributed by atoms with Crippen LogP contribution in [0.1, 0.15) is 48.0 Å². The summed E-state index contributed by atoms with van der Waals surface area (Å²) >= 11 is 3.19. The quantitative estimate of drug-likeness (QED) is 0.541. The summed E-state index contributed by atoms with van der Waals surface area (Å²) in [6.07, 6.45) is 0.101. The van der Waals surface area contributed by atoms with E-state index < -0.39 is 21.8 Å². The summed E-state index contributed by atoms with van der Waals surface area (Å²) in [6.45, 7) is 10.5. The third kappa shape index (κ3) is 9.76. The zero-order valence-corrected chi connectivity index (χ0v) is 15.7. The van der Waals surface area contributed by atoms with E-state index in [0.717, 1.165) is 0 Å². The summed E-state index contributed by atoms with van der Waals surface area (Å²) in [7, 11) is 0. The van der Waals surface area contributed by atoms with E-state index in [1.807, 2.05) is 0 Å². The monoisotopic (exact) mass is 379 g/mol. The Hall–Kier alpha value is -1.11. The van der Waals surface area contributed by atoms with Crippen molar-refractivity contribution in [2.24, 2.45) is 5.92 Å². The minimum absolute atomic E-state index is 0.00780. The largest absolute Gasteiger partial charge is 0.464 e. The molecule has 0 aliphatic carbocycles. The highest BCUT2D eigenvalue weighted by Crippen LogP contribution is 2.17. The number of hydrogen-bond acceptors (Lipinski definition) is 5. The molecule has 0 radical (unpaired) electrons. The molecule has 1 atom stereocenters. The molecular weight excluding hydrogens is 354 g/mol. The number of esters is 2. The number of alkyl halides is 1. The van der Waals surface area contributed by atoms with E-state index in [1.54, 1.807) is 41.5 Å². The second-order valence-electron chi connectivity index (χ2n) is 6.60. The molecule has 1 N–H and O–H groups in total. The first-order valence-electron chi connectivity index (χ1n) is 7.18. The van der Waals surface area contributed by atoms with Crippen LogP contribution >= 0.6 is 15.9 Å². The molecule has 0 aliphatic heterocycles. The van der Waals surface area contributed by atoms with E-state index in [0.29, 0.717) is 0 Å². The zero-order valence-electron chi connectivity index (χ0n) is 14.1. The average molecular weight is 380 g/mol. The van der Waals surface area contributed by atoms with Crippen molar-refractivity contribution in [2.75, 3.05) is 13.2 Å². The summed E-state index contributed by atoms with van der Waals surface area (Å²) in [6, 6.07) is 0. The Morgan fingerprint density at radius 2 is 1.68 bits per heavy atom. The third-order valence-electron chi connectivity index (χ3n) is 2.45. The van der Waals surface area contributed by atoms with E-state index in [-0.39, 0.29) is 31.4 Å². The highest BCUT2D eigenvalue weighted by molar-refractivity contribution is 9.10. The van der Waals surface area contributed by atoms with Gasteiger partial charge in [-0.1, -0.05) is 22.9 Å². The highest BCUT2D eigenvalue weighted by atomic mass is 79.9. The first-order chi connectivity index (χ1) is 9.83. The van der Waals surface area contributed by atoms with Crippen LogP contribution in [0.5, 0.6) is 0 Å². The van der Waals surface area contributed by atoms with E-state index in [4.69, 9.17) is 9.47 Å². The van der Waals surface area contributed by atoms with Crippen LogP contribution in [0.2, 0.25) is 0 Å². The Labute approximate surface area is 140 Å². The van der Waals surface area contributed by atoms with Gasteiger partial charge < -0.3 is 14.8 Å². The first kappa shape index (κ1) is 20.9. The smallest absolute Gasteiger partial charge is 0.322 e. The molecule has 7 heteroatoms. The van der Waals surface area contributed by atoms with Gasteiger partial charge in [-0.25, -0.2) is 0 Å². The van der Waals surface area contributed by atoms with E-state index in [1.165, 1.54) is 0 Å². The van der Waals surface area contributed by atoms with Crippen LogP contribution < -0.4 is 5.32 Å². The van der Waals surface area contributed by atoms with Crippen molar-refractivity contribution >= 4 is 33.8 Å². The van der Waals surface area contributed by atoms with Crippen molar-refractivity contribution in [3.05, 3.63) is 0 Å². The summed E-state index contributed by atoms with van der Waals surface area (Å²) in [4.78, 5) is 34.9. The minimum atomic E-state index is -0.778. The molecule has 0 heterocycles. The van der Waals surface area contributed by atoms with Crippen molar-refractivity contribution in [2.45, 2.75) is 57.9 Å². The van der Waals surface area contributed by atoms with E-state index in [2.05, 4.69) is 21.2 Å². The Morgan fingerprint density at radius 3 is 2.14 bits per heavy atom. The Balaban J connectivity index is 4.02. The lowest BCUT2D eigenvalue weighted by molar-refractivity contribution is -0.154. The molecule has 0 saturated heterocycles. The Kier molecular flexibility index (Phi) is 8.07. The lowest BCUT2D eigenvalue weighted by Gasteiger charge is -2.20. The van der Waals surface area contributed by atoms with Crippen LogP contribution in [0.4, 0.5) is 0 Å². The number of ether oxygens (including phenoxy) is 2. The summed E-state index contributed by atoms with van der Waals surface area (Å²) in [5, 5.41) is 2.62. The van der Waals surface area contributed by atoms with Crippen LogP contribution in [-0.2, 0) is 23.9 Å². The Bertz CT molecular complexity index is 409. The highest BCUT2D eigenvalue weighted by Gasteiger charge is 2.26. The zero-order chi connectivity index (χ0) is 17.6. The van der Waals surface area contributed by atoms with Gasteiger partial charge in [-0.2, -0.15) is 0 Å². The molecule has 0 saturated carbocycles. The predicted octanol–water partition coefficient (Wildman–Crippen LogP) is 2.19. The van der Waals surface area contributed by atoms with Crippen molar-refractivity contribution in [1.82, 2.24) is 5.32 Å². The average Bonchev–Trinajstić information content (AvgIpc) is 2.31. The number of carbonyl (C=O) groups excluding carboxylic acids is 3. The molecule has 22 heavy (non-hydrogen) atoms. The summed E-state index contributed by atoms with van der Waals surface area (Å²) < 4.78 is 9.40.